The molecule has 0 spiro atoms. The number of nitrogens with zero attached hydrogens (tertiary/aromatic N) is 1. The number of nitrogens with one attached hydrogen (secondary N) is 2. The number of carbonyl (C=O) groups is 1. The van der Waals surface area contributed by atoms with Crippen molar-refractivity contribution in [2.75, 3.05) is 13.1 Å². The van der Waals surface area contributed by atoms with Gasteiger partial charge < -0.3 is 10.6 Å². The smallest absolute Gasteiger partial charge is 0.220 e. The Morgan fingerprint density at radius 2 is 2.14 bits per heavy atom. The van der Waals surface area contributed by atoms with Crippen LogP contribution in [0, 0.1) is 12.8 Å². The molecule has 0 aromatic carbocycles. The molecule has 0 aliphatic carbocycles. The van der Waals surface area contributed by atoms with Gasteiger partial charge in [-0.05, 0) is 51.6 Å². The van der Waals surface area contributed by atoms with Crippen LogP contribution in [0.15, 0.2) is 5.38 Å². The highest BCUT2D eigenvalue weighted by Crippen LogP contribution is 2.22. The van der Waals surface area contributed by atoms with Crippen molar-refractivity contribution in [2.24, 2.45) is 5.92 Å². The maximum Gasteiger partial charge on any atom is 0.220 e. The molecule has 0 radical (unpaired) electrons. The molecule has 7 heteroatoms. The number of carbonyl (C=O) groups excluding carboxylic acids is 1. The molecule has 2 heterocycles. The Labute approximate surface area is 149 Å². The molecule has 1 saturated heterocycles. The third kappa shape index (κ3) is 6.82. The van der Waals surface area contributed by atoms with Gasteiger partial charge in [0.15, 0.2) is 0 Å². The highest BCUT2D eigenvalue weighted by molar-refractivity contribution is 7.09. The number of aryl methyl sites for hydroxylation is 1. The van der Waals surface area contributed by atoms with Gasteiger partial charge in [-0.1, -0.05) is 6.92 Å². The van der Waals surface area contributed by atoms with E-state index in [0.717, 1.165) is 36.6 Å². The van der Waals surface area contributed by atoms with Gasteiger partial charge in [-0.15, -0.1) is 36.2 Å². The van der Waals surface area contributed by atoms with E-state index < -0.39 is 0 Å². The highest BCUT2D eigenvalue weighted by Gasteiger charge is 2.18. The molecule has 1 aliphatic rings. The summed E-state index contributed by atoms with van der Waals surface area (Å²) in [5, 5.41) is 9.56. The van der Waals surface area contributed by atoms with Crippen molar-refractivity contribution in [3.8, 4) is 0 Å². The topological polar surface area (TPSA) is 54.0 Å². The number of aromatic nitrogens is 1. The predicted molar refractivity (Wildman–Crippen MR) is 97.3 cm³/mol. The van der Waals surface area contributed by atoms with Gasteiger partial charge in [0.05, 0.1) is 6.04 Å². The van der Waals surface area contributed by atoms with E-state index in [-0.39, 0.29) is 36.8 Å². The number of halogens is 2. The van der Waals surface area contributed by atoms with Gasteiger partial charge >= 0.3 is 0 Å². The summed E-state index contributed by atoms with van der Waals surface area (Å²) >= 11 is 1.64. The number of thiazole rings is 1. The molecule has 1 aromatic rings. The molecule has 1 aromatic heterocycles. The zero-order valence-electron chi connectivity index (χ0n) is 13.3. The number of piperidine rings is 1. The van der Waals surface area contributed by atoms with E-state index in [4.69, 9.17) is 0 Å². The third-order valence-electron chi connectivity index (χ3n) is 3.92. The second-order valence-corrected chi connectivity index (χ2v) is 6.48. The van der Waals surface area contributed by atoms with Gasteiger partial charge in [0.1, 0.15) is 5.01 Å². The SMILES string of the molecule is CCC(NC(=O)CCC1CCNCC1)c1nc(C)cs1.Cl.Cl. The summed E-state index contributed by atoms with van der Waals surface area (Å²) in [4.78, 5) is 16.6. The second kappa shape index (κ2) is 11.2. The van der Waals surface area contributed by atoms with E-state index >= 15 is 0 Å². The van der Waals surface area contributed by atoms with E-state index in [2.05, 4.69) is 22.5 Å². The minimum absolute atomic E-state index is 0. The first-order valence-corrected chi connectivity index (χ1v) is 8.49. The van der Waals surface area contributed by atoms with Crippen LogP contribution in [0.25, 0.3) is 0 Å². The summed E-state index contributed by atoms with van der Waals surface area (Å²) in [5.41, 5.74) is 1.03. The number of amides is 1. The van der Waals surface area contributed by atoms with Crippen LogP contribution in [0.2, 0.25) is 0 Å². The first kappa shape index (κ1) is 21.6. The molecule has 4 nitrogen and oxygen atoms in total. The van der Waals surface area contributed by atoms with Crippen LogP contribution in [-0.2, 0) is 4.79 Å². The molecule has 1 amide bonds. The lowest BCUT2D eigenvalue weighted by Gasteiger charge is -2.22. The molecule has 1 aliphatic heterocycles. The zero-order chi connectivity index (χ0) is 14.4. The van der Waals surface area contributed by atoms with Crippen LogP contribution in [0.3, 0.4) is 0 Å². The normalized spacial score (nSPS) is 16.3. The first-order chi connectivity index (χ1) is 9.69. The molecule has 128 valence electrons. The Morgan fingerprint density at radius 3 is 2.68 bits per heavy atom. The quantitative estimate of drug-likeness (QED) is 0.806. The minimum Gasteiger partial charge on any atom is -0.347 e. The largest absolute Gasteiger partial charge is 0.347 e. The standard InChI is InChI=1S/C15H25N3OS.2ClH/c1-3-13(15-17-11(2)10-20-15)18-14(19)5-4-12-6-8-16-9-7-12;;/h10,12-13,16H,3-9H2,1-2H3,(H,18,19);2*1H. The van der Waals surface area contributed by atoms with Crippen LogP contribution in [0.4, 0.5) is 0 Å². The molecule has 1 fully saturated rings. The zero-order valence-corrected chi connectivity index (χ0v) is 15.7. The van der Waals surface area contributed by atoms with Gasteiger partial charge in [0.2, 0.25) is 5.91 Å². The molecule has 22 heavy (non-hydrogen) atoms. The van der Waals surface area contributed by atoms with Crippen molar-refractivity contribution < 1.29 is 4.79 Å². The minimum atomic E-state index is 0. The van der Waals surface area contributed by atoms with E-state index in [0.29, 0.717) is 12.3 Å². The van der Waals surface area contributed by atoms with E-state index in [1.54, 1.807) is 11.3 Å². The monoisotopic (exact) mass is 367 g/mol. The van der Waals surface area contributed by atoms with Crippen molar-refractivity contribution in [2.45, 2.75) is 52.0 Å². The molecule has 0 bridgehead atoms. The van der Waals surface area contributed by atoms with Crippen molar-refractivity contribution >= 4 is 42.1 Å². The van der Waals surface area contributed by atoms with Crippen molar-refractivity contribution in [3.63, 3.8) is 0 Å². The third-order valence-corrected chi connectivity index (χ3v) is 4.99. The van der Waals surface area contributed by atoms with Crippen molar-refractivity contribution in [1.82, 2.24) is 15.6 Å². The Balaban J connectivity index is 0.00000220. The second-order valence-electron chi connectivity index (χ2n) is 5.59. The lowest BCUT2D eigenvalue weighted by atomic mass is 9.93. The fourth-order valence-corrected chi connectivity index (χ4v) is 3.57. The lowest BCUT2D eigenvalue weighted by molar-refractivity contribution is -0.122. The van der Waals surface area contributed by atoms with Gasteiger partial charge in [0, 0.05) is 17.5 Å². The summed E-state index contributed by atoms with van der Waals surface area (Å²) < 4.78 is 0. The fraction of sp³-hybridized carbons (Fsp3) is 0.733. The summed E-state index contributed by atoms with van der Waals surface area (Å²) in [7, 11) is 0. The molecule has 2 rings (SSSR count). The molecule has 0 saturated carbocycles. The summed E-state index contributed by atoms with van der Waals surface area (Å²) in [5.74, 6) is 0.882. The average Bonchev–Trinajstić information content (AvgIpc) is 2.90. The van der Waals surface area contributed by atoms with E-state index in [1.807, 2.05) is 12.3 Å². The fourth-order valence-electron chi connectivity index (χ4n) is 2.64. The Morgan fingerprint density at radius 1 is 1.45 bits per heavy atom. The maximum atomic E-state index is 12.1. The van der Waals surface area contributed by atoms with Crippen molar-refractivity contribution in [3.05, 3.63) is 16.1 Å². The first-order valence-electron chi connectivity index (χ1n) is 7.61. The molecular weight excluding hydrogens is 341 g/mol. The van der Waals surface area contributed by atoms with Gasteiger partial charge in [0.25, 0.3) is 0 Å². The molecule has 2 N–H and O–H groups in total. The van der Waals surface area contributed by atoms with Crippen LogP contribution in [0.5, 0.6) is 0 Å². The lowest BCUT2D eigenvalue weighted by Crippen LogP contribution is -2.31. The summed E-state index contributed by atoms with van der Waals surface area (Å²) in [6, 6.07) is 0.0780. The number of rotatable bonds is 6. The maximum absolute atomic E-state index is 12.1. The van der Waals surface area contributed by atoms with Crippen molar-refractivity contribution in [1.29, 1.82) is 0 Å². The van der Waals surface area contributed by atoms with E-state index in [1.165, 1.54) is 12.8 Å². The summed E-state index contributed by atoms with van der Waals surface area (Å²) in [6.45, 7) is 6.28. The van der Waals surface area contributed by atoms with Crippen LogP contribution >= 0.6 is 36.2 Å². The summed E-state index contributed by atoms with van der Waals surface area (Å²) in [6.07, 6.45) is 4.96. The molecular formula is C15H27Cl2N3OS. The average molecular weight is 368 g/mol. The van der Waals surface area contributed by atoms with Crippen LogP contribution < -0.4 is 10.6 Å². The van der Waals surface area contributed by atoms with Gasteiger partial charge in [-0.25, -0.2) is 4.98 Å². The Hall–Kier alpha value is -0.360. The van der Waals surface area contributed by atoms with Crippen LogP contribution in [-0.4, -0.2) is 24.0 Å². The van der Waals surface area contributed by atoms with E-state index in [9.17, 15) is 4.79 Å². The van der Waals surface area contributed by atoms with Crippen LogP contribution in [0.1, 0.15) is 55.8 Å². The predicted octanol–water partition coefficient (Wildman–Crippen LogP) is 3.64. The Bertz CT molecular complexity index is 436. The molecule has 1 unspecified atom stereocenters. The van der Waals surface area contributed by atoms with Gasteiger partial charge in [-0.3, -0.25) is 4.79 Å². The Kier molecular flexibility index (Phi) is 11.0. The number of hydrogen-bond donors (Lipinski definition) is 2. The van der Waals surface area contributed by atoms with Gasteiger partial charge in [-0.2, -0.15) is 0 Å². The highest BCUT2D eigenvalue weighted by atomic mass is 35.5. The molecule has 1 atom stereocenters. The number of hydrogen-bond acceptors (Lipinski definition) is 4.